The van der Waals surface area contributed by atoms with E-state index in [9.17, 15) is 9.59 Å². The van der Waals surface area contributed by atoms with Crippen molar-refractivity contribution < 1.29 is 14.7 Å². The largest absolute Gasteiger partial charge is 0.481 e. The Morgan fingerprint density at radius 3 is 2.56 bits per heavy atom. The molecule has 1 saturated heterocycles. The van der Waals surface area contributed by atoms with Crippen molar-refractivity contribution in [3.05, 3.63) is 53.9 Å². The van der Waals surface area contributed by atoms with Crippen molar-refractivity contribution in [2.45, 2.75) is 25.8 Å². The van der Waals surface area contributed by atoms with Crippen LogP contribution in [0.15, 0.2) is 42.7 Å². The van der Waals surface area contributed by atoms with Crippen molar-refractivity contribution in [1.29, 1.82) is 0 Å². The summed E-state index contributed by atoms with van der Waals surface area (Å²) in [7, 11) is 0. The van der Waals surface area contributed by atoms with Gasteiger partial charge < -0.3 is 10.0 Å². The van der Waals surface area contributed by atoms with Crippen molar-refractivity contribution in [3.63, 3.8) is 0 Å². The first kappa shape index (κ1) is 15.9. The lowest BCUT2D eigenvalue weighted by atomic mass is 9.90. The first-order valence-electron chi connectivity index (χ1n) is 8.66. The average Bonchev–Trinajstić information content (AvgIpc) is 3.12. The zero-order chi connectivity index (χ0) is 17.4. The molecule has 0 radical (unpaired) electrons. The molecule has 1 atom stereocenters. The highest BCUT2D eigenvalue weighted by atomic mass is 16.4. The molecular weight excluding hydrogens is 318 g/mol. The summed E-state index contributed by atoms with van der Waals surface area (Å²) in [5, 5.41) is 13.5. The molecule has 2 aromatic rings. The summed E-state index contributed by atoms with van der Waals surface area (Å²) in [5.41, 5.74) is 1.68. The van der Waals surface area contributed by atoms with E-state index in [1.165, 1.54) is 0 Å². The molecule has 2 fully saturated rings. The fourth-order valence-corrected chi connectivity index (χ4v) is 3.92. The van der Waals surface area contributed by atoms with Gasteiger partial charge in [0.15, 0.2) is 0 Å². The van der Waals surface area contributed by atoms with Gasteiger partial charge in [0.05, 0.1) is 24.2 Å². The number of piperidine rings is 1. The van der Waals surface area contributed by atoms with Crippen LogP contribution < -0.4 is 0 Å². The van der Waals surface area contributed by atoms with Gasteiger partial charge in [0.25, 0.3) is 5.91 Å². The quantitative estimate of drug-likeness (QED) is 0.927. The van der Waals surface area contributed by atoms with Crippen LogP contribution in [-0.4, -0.2) is 44.8 Å². The number of hydrogen-bond donors (Lipinski definition) is 1. The van der Waals surface area contributed by atoms with Crippen LogP contribution in [0.2, 0.25) is 0 Å². The third kappa shape index (κ3) is 3.04. The smallest absolute Gasteiger partial charge is 0.307 e. The maximum Gasteiger partial charge on any atom is 0.307 e. The van der Waals surface area contributed by atoms with Gasteiger partial charge in [0, 0.05) is 19.3 Å². The number of nitrogens with zero attached hydrogens (tertiary/aromatic N) is 3. The number of amides is 1. The minimum atomic E-state index is -0.693. The Morgan fingerprint density at radius 2 is 1.92 bits per heavy atom. The Hall–Kier alpha value is -2.63. The van der Waals surface area contributed by atoms with Crippen LogP contribution in [0.4, 0.5) is 0 Å². The number of aromatic nitrogens is 2. The van der Waals surface area contributed by atoms with Crippen molar-refractivity contribution in [1.82, 2.24) is 14.7 Å². The second-order valence-corrected chi connectivity index (χ2v) is 7.16. The molecule has 6 nitrogen and oxygen atoms in total. The van der Waals surface area contributed by atoms with E-state index in [-0.39, 0.29) is 17.2 Å². The molecule has 25 heavy (non-hydrogen) atoms. The van der Waals surface area contributed by atoms with Gasteiger partial charge in [-0.2, -0.15) is 5.10 Å². The molecule has 1 aliphatic heterocycles. The summed E-state index contributed by atoms with van der Waals surface area (Å²) in [6.45, 7) is 1.90. The molecule has 4 rings (SSSR count). The molecule has 6 heteroatoms. The van der Waals surface area contributed by atoms with E-state index in [1.807, 2.05) is 35.2 Å². The Labute approximate surface area is 146 Å². The molecule has 1 amide bonds. The van der Waals surface area contributed by atoms with Crippen molar-refractivity contribution >= 4 is 11.9 Å². The number of carboxylic acid groups (broad SMARTS) is 1. The van der Waals surface area contributed by atoms with Crippen LogP contribution in [-0.2, 0) is 11.3 Å². The summed E-state index contributed by atoms with van der Waals surface area (Å²) in [4.78, 5) is 25.6. The molecule has 130 valence electrons. The van der Waals surface area contributed by atoms with Gasteiger partial charge >= 0.3 is 5.97 Å². The van der Waals surface area contributed by atoms with E-state index in [4.69, 9.17) is 5.11 Å². The summed E-state index contributed by atoms with van der Waals surface area (Å²) < 4.78 is 1.77. The van der Waals surface area contributed by atoms with E-state index >= 15 is 0 Å². The first-order valence-corrected chi connectivity index (χ1v) is 8.66. The number of carbonyl (C=O) groups is 2. The van der Waals surface area contributed by atoms with E-state index in [0.717, 1.165) is 24.8 Å². The predicted molar refractivity (Wildman–Crippen MR) is 91.1 cm³/mol. The number of rotatable bonds is 4. The molecule has 1 aromatic heterocycles. The molecule has 0 bridgehead atoms. The van der Waals surface area contributed by atoms with Gasteiger partial charge in [-0.1, -0.05) is 30.3 Å². The lowest BCUT2D eigenvalue weighted by Gasteiger charge is -2.32. The van der Waals surface area contributed by atoms with Crippen LogP contribution in [0.25, 0.3) is 0 Å². The zero-order valence-corrected chi connectivity index (χ0v) is 14.0. The second-order valence-electron chi connectivity index (χ2n) is 7.16. The van der Waals surface area contributed by atoms with Crippen molar-refractivity contribution in [2.75, 3.05) is 13.1 Å². The Balaban J connectivity index is 1.37. The standard InChI is InChI=1S/C19H21N3O3/c23-17(21-8-6-19(7-9-21)10-16(19)18(24)25)15-11-20-22(13-15)12-14-4-2-1-3-5-14/h1-5,11,13,16H,6-10,12H2,(H,24,25). The van der Waals surface area contributed by atoms with Gasteiger partial charge in [-0.05, 0) is 30.2 Å². The van der Waals surface area contributed by atoms with Crippen LogP contribution in [0, 0.1) is 11.3 Å². The number of carbonyl (C=O) groups excluding carboxylic acids is 1. The van der Waals surface area contributed by atoms with E-state index < -0.39 is 5.97 Å². The van der Waals surface area contributed by atoms with Gasteiger partial charge in [0.2, 0.25) is 0 Å². The van der Waals surface area contributed by atoms with Crippen LogP contribution in [0.1, 0.15) is 35.2 Å². The third-order valence-corrected chi connectivity index (χ3v) is 5.60. The topological polar surface area (TPSA) is 75.4 Å². The third-order valence-electron chi connectivity index (χ3n) is 5.60. The molecule has 2 aliphatic rings. The van der Waals surface area contributed by atoms with E-state index in [0.29, 0.717) is 25.2 Å². The number of benzene rings is 1. The van der Waals surface area contributed by atoms with Crippen molar-refractivity contribution in [3.8, 4) is 0 Å². The fraction of sp³-hybridized carbons (Fsp3) is 0.421. The summed E-state index contributed by atoms with van der Waals surface area (Å²) in [6, 6.07) is 10.00. The van der Waals surface area contributed by atoms with Crippen LogP contribution in [0.3, 0.4) is 0 Å². The maximum atomic E-state index is 12.7. The normalized spacial score (nSPS) is 21.3. The molecular formula is C19H21N3O3. The zero-order valence-electron chi connectivity index (χ0n) is 14.0. The van der Waals surface area contributed by atoms with Gasteiger partial charge in [-0.25, -0.2) is 0 Å². The monoisotopic (exact) mass is 339 g/mol. The molecule has 1 N–H and O–H groups in total. The molecule has 2 heterocycles. The molecule has 1 spiro atoms. The Morgan fingerprint density at radius 1 is 1.20 bits per heavy atom. The lowest BCUT2D eigenvalue weighted by molar-refractivity contribution is -0.139. The lowest BCUT2D eigenvalue weighted by Crippen LogP contribution is -2.39. The first-order chi connectivity index (χ1) is 12.1. The van der Waals surface area contributed by atoms with Gasteiger partial charge in [0.1, 0.15) is 0 Å². The predicted octanol–water partition coefficient (Wildman–Crippen LogP) is 2.26. The van der Waals surface area contributed by atoms with Gasteiger partial charge in [-0.3, -0.25) is 14.3 Å². The van der Waals surface area contributed by atoms with Gasteiger partial charge in [-0.15, -0.1) is 0 Å². The average molecular weight is 339 g/mol. The number of carboxylic acids is 1. The highest BCUT2D eigenvalue weighted by Crippen LogP contribution is 2.59. The molecule has 1 aromatic carbocycles. The van der Waals surface area contributed by atoms with Crippen LogP contribution in [0.5, 0.6) is 0 Å². The number of aliphatic carboxylic acids is 1. The van der Waals surface area contributed by atoms with Crippen molar-refractivity contribution in [2.24, 2.45) is 11.3 Å². The minimum Gasteiger partial charge on any atom is -0.481 e. The molecule has 1 saturated carbocycles. The van der Waals surface area contributed by atoms with E-state index in [1.54, 1.807) is 17.1 Å². The Kier molecular flexibility index (Phi) is 3.82. The van der Waals surface area contributed by atoms with E-state index in [2.05, 4.69) is 5.10 Å². The summed E-state index contributed by atoms with van der Waals surface area (Å²) in [5.74, 6) is -0.915. The molecule has 1 aliphatic carbocycles. The highest BCUT2D eigenvalue weighted by Gasteiger charge is 2.59. The Bertz CT molecular complexity index is 791. The number of likely N-dealkylation sites (tertiary alicyclic amines) is 1. The highest BCUT2D eigenvalue weighted by molar-refractivity contribution is 5.93. The SMILES string of the molecule is O=C(O)C1CC12CCN(C(=O)c1cnn(Cc3ccccc3)c1)CC2. The fourth-order valence-electron chi connectivity index (χ4n) is 3.92. The number of hydrogen-bond acceptors (Lipinski definition) is 3. The molecule has 1 unspecified atom stereocenters. The summed E-state index contributed by atoms with van der Waals surface area (Å²) >= 11 is 0. The van der Waals surface area contributed by atoms with Crippen LogP contribution >= 0.6 is 0 Å². The minimum absolute atomic E-state index is 0.0123. The second kappa shape index (κ2) is 6.02. The summed E-state index contributed by atoms with van der Waals surface area (Å²) in [6.07, 6.45) is 5.74. The maximum absolute atomic E-state index is 12.7.